The lowest BCUT2D eigenvalue weighted by Gasteiger charge is -2.24. The van der Waals surface area contributed by atoms with Crippen LogP contribution in [0.25, 0.3) is 0 Å². The van der Waals surface area contributed by atoms with E-state index in [2.05, 4.69) is 11.8 Å². The Kier molecular flexibility index (Phi) is 4.86. The number of fused-ring (bicyclic) bond motifs is 2. The molecule has 0 unspecified atom stereocenters. The molecule has 0 aliphatic carbocycles. The van der Waals surface area contributed by atoms with Crippen LogP contribution in [0.4, 0.5) is 5.69 Å². The van der Waals surface area contributed by atoms with E-state index in [1.165, 1.54) is 7.05 Å². The van der Waals surface area contributed by atoms with Crippen LogP contribution in [0.15, 0.2) is 42.5 Å². The summed E-state index contributed by atoms with van der Waals surface area (Å²) < 4.78 is 0. The van der Waals surface area contributed by atoms with Crippen LogP contribution in [0, 0.1) is 0 Å². The van der Waals surface area contributed by atoms with Crippen molar-refractivity contribution in [3.8, 4) is 0 Å². The van der Waals surface area contributed by atoms with Gasteiger partial charge in [-0.05, 0) is 29.7 Å². The molecule has 3 rings (SSSR count). The summed E-state index contributed by atoms with van der Waals surface area (Å²) in [7, 11) is 1.30. The number of anilines is 1. The fourth-order valence-corrected chi connectivity index (χ4v) is 3.22. The first-order chi connectivity index (χ1) is 12.0. The van der Waals surface area contributed by atoms with Crippen molar-refractivity contribution in [1.82, 2.24) is 5.06 Å². The Bertz CT molecular complexity index is 814. The molecule has 1 heterocycles. The summed E-state index contributed by atoms with van der Waals surface area (Å²) in [5, 5.41) is 9.84. The molecule has 0 saturated heterocycles. The zero-order valence-electron chi connectivity index (χ0n) is 14.5. The van der Waals surface area contributed by atoms with Gasteiger partial charge in [-0.3, -0.25) is 14.8 Å². The Morgan fingerprint density at radius 2 is 1.96 bits per heavy atom. The molecule has 1 N–H and O–H groups in total. The molecule has 2 aromatic rings. The van der Waals surface area contributed by atoms with Crippen LogP contribution in [0.1, 0.15) is 40.4 Å². The topological polar surface area (TPSA) is 60.9 Å². The molecule has 130 valence electrons. The molecular formula is C20H22N2O3. The number of likely N-dealkylation sites (N-methyl/N-ethyl adjacent to an activating group) is 1. The molecule has 0 bridgehead atoms. The van der Waals surface area contributed by atoms with E-state index in [4.69, 9.17) is 0 Å². The summed E-state index contributed by atoms with van der Waals surface area (Å²) >= 11 is 0. The fourth-order valence-electron chi connectivity index (χ4n) is 3.22. The van der Waals surface area contributed by atoms with Gasteiger partial charge in [-0.15, -0.1) is 0 Å². The van der Waals surface area contributed by atoms with Gasteiger partial charge in [-0.25, -0.2) is 5.06 Å². The molecular weight excluding hydrogens is 316 g/mol. The minimum atomic E-state index is -0.410. The number of rotatable bonds is 4. The average Bonchev–Trinajstić information content (AvgIpc) is 2.71. The number of hydroxylamine groups is 2. The largest absolute Gasteiger partial charge is 0.367 e. The Morgan fingerprint density at radius 1 is 1.20 bits per heavy atom. The number of carbonyl (C=O) groups excluding carboxylic acids is 2. The zero-order chi connectivity index (χ0) is 18.0. The van der Waals surface area contributed by atoms with Crippen LogP contribution >= 0.6 is 0 Å². The van der Waals surface area contributed by atoms with Gasteiger partial charge in [-0.1, -0.05) is 37.3 Å². The fraction of sp³-hybridized carbons (Fsp3) is 0.300. The van der Waals surface area contributed by atoms with Gasteiger partial charge in [0.05, 0.1) is 6.42 Å². The van der Waals surface area contributed by atoms with Crippen molar-refractivity contribution in [2.24, 2.45) is 0 Å². The summed E-state index contributed by atoms with van der Waals surface area (Å²) in [5.74, 6) is -0.428. The monoisotopic (exact) mass is 338 g/mol. The maximum Gasteiger partial charge on any atom is 0.250 e. The minimum absolute atomic E-state index is 0.0177. The Labute approximate surface area is 147 Å². The Hall–Kier alpha value is -2.66. The predicted octanol–water partition coefficient (Wildman–Crippen LogP) is 3.04. The van der Waals surface area contributed by atoms with Crippen LogP contribution in [0.5, 0.6) is 0 Å². The highest BCUT2D eigenvalue weighted by Gasteiger charge is 2.25. The molecule has 0 fully saturated rings. The van der Waals surface area contributed by atoms with Gasteiger partial charge in [0.15, 0.2) is 5.78 Å². The lowest BCUT2D eigenvalue weighted by atomic mass is 9.97. The number of hydrogen-bond acceptors (Lipinski definition) is 4. The summed E-state index contributed by atoms with van der Waals surface area (Å²) in [4.78, 5) is 27.1. The summed E-state index contributed by atoms with van der Waals surface area (Å²) in [5.41, 5.74) is 3.96. The van der Waals surface area contributed by atoms with Gasteiger partial charge in [0, 0.05) is 37.0 Å². The van der Waals surface area contributed by atoms with Crippen molar-refractivity contribution >= 4 is 17.4 Å². The first kappa shape index (κ1) is 17.2. The SMILES string of the molecule is CCCN1Cc2ccccc2C(=O)c2cc(CC(=O)N(C)O)ccc21. The maximum absolute atomic E-state index is 13.1. The van der Waals surface area contributed by atoms with Gasteiger partial charge >= 0.3 is 0 Å². The van der Waals surface area contributed by atoms with Crippen molar-refractivity contribution in [3.05, 3.63) is 64.7 Å². The number of hydrogen-bond donors (Lipinski definition) is 1. The summed E-state index contributed by atoms with van der Waals surface area (Å²) in [6.07, 6.45) is 1.04. The van der Waals surface area contributed by atoms with Crippen LogP contribution in [-0.4, -0.2) is 35.6 Å². The van der Waals surface area contributed by atoms with Gasteiger partial charge in [0.1, 0.15) is 0 Å². The zero-order valence-corrected chi connectivity index (χ0v) is 14.5. The van der Waals surface area contributed by atoms with Crippen molar-refractivity contribution in [2.45, 2.75) is 26.3 Å². The van der Waals surface area contributed by atoms with Crippen LogP contribution in [0.3, 0.4) is 0 Å². The number of amides is 1. The van der Waals surface area contributed by atoms with Gasteiger partial charge in [0.2, 0.25) is 5.91 Å². The van der Waals surface area contributed by atoms with Gasteiger partial charge < -0.3 is 4.90 Å². The predicted molar refractivity (Wildman–Crippen MR) is 95.9 cm³/mol. The van der Waals surface area contributed by atoms with Crippen molar-refractivity contribution in [2.75, 3.05) is 18.5 Å². The van der Waals surface area contributed by atoms with E-state index in [1.54, 1.807) is 6.07 Å². The number of benzene rings is 2. The van der Waals surface area contributed by atoms with E-state index < -0.39 is 5.91 Å². The number of nitrogens with zero attached hydrogens (tertiary/aromatic N) is 2. The van der Waals surface area contributed by atoms with E-state index in [0.717, 1.165) is 24.2 Å². The third kappa shape index (κ3) is 3.42. The van der Waals surface area contributed by atoms with E-state index in [0.29, 0.717) is 28.3 Å². The van der Waals surface area contributed by atoms with Crippen molar-refractivity contribution < 1.29 is 14.8 Å². The highest BCUT2D eigenvalue weighted by atomic mass is 16.5. The standard InChI is InChI=1S/C20H22N2O3/c1-3-10-22-13-15-6-4-5-7-16(15)20(24)17-11-14(8-9-18(17)22)12-19(23)21(2)25/h4-9,11,25H,3,10,12-13H2,1-2H3. The first-order valence-electron chi connectivity index (χ1n) is 8.47. The Balaban J connectivity index is 2.07. The van der Waals surface area contributed by atoms with E-state index in [1.807, 2.05) is 36.4 Å². The van der Waals surface area contributed by atoms with Crippen LogP contribution in [0.2, 0.25) is 0 Å². The molecule has 0 atom stereocenters. The number of carbonyl (C=O) groups is 2. The molecule has 0 aromatic heterocycles. The van der Waals surface area contributed by atoms with Crippen LogP contribution in [-0.2, 0) is 17.8 Å². The van der Waals surface area contributed by atoms with E-state index in [9.17, 15) is 14.8 Å². The highest BCUT2D eigenvalue weighted by molar-refractivity contribution is 6.14. The molecule has 5 nitrogen and oxygen atoms in total. The van der Waals surface area contributed by atoms with E-state index in [-0.39, 0.29) is 12.2 Å². The Morgan fingerprint density at radius 3 is 2.68 bits per heavy atom. The minimum Gasteiger partial charge on any atom is -0.367 e. The first-order valence-corrected chi connectivity index (χ1v) is 8.47. The van der Waals surface area contributed by atoms with Crippen LogP contribution < -0.4 is 4.90 Å². The average molecular weight is 338 g/mol. The molecule has 0 saturated carbocycles. The molecule has 25 heavy (non-hydrogen) atoms. The molecule has 1 aliphatic heterocycles. The van der Waals surface area contributed by atoms with E-state index >= 15 is 0 Å². The number of ketones is 1. The molecule has 0 spiro atoms. The molecule has 0 radical (unpaired) electrons. The summed E-state index contributed by atoms with van der Waals surface area (Å²) in [6.45, 7) is 3.66. The molecule has 1 aliphatic rings. The molecule has 2 aromatic carbocycles. The highest BCUT2D eigenvalue weighted by Crippen LogP contribution is 2.31. The third-order valence-corrected chi connectivity index (χ3v) is 4.48. The van der Waals surface area contributed by atoms with Gasteiger partial charge in [0.25, 0.3) is 0 Å². The third-order valence-electron chi connectivity index (χ3n) is 4.48. The van der Waals surface area contributed by atoms with Crippen molar-refractivity contribution in [1.29, 1.82) is 0 Å². The second-order valence-electron chi connectivity index (χ2n) is 6.35. The molecule has 1 amide bonds. The van der Waals surface area contributed by atoms with Gasteiger partial charge in [-0.2, -0.15) is 0 Å². The van der Waals surface area contributed by atoms with Crippen molar-refractivity contribution in [3.63, 3.8) is 0 Å². The maximum atomic E-state index is 13.1. The lowest BCUT2D eigenvalue weighted by Crippen LogP contribution is -2.25. The smallest absolute Gasteiger partial charge is 0.250 e. The second-order valence-corrected chi connectivity index (χ2v) is 6.35. The quantitative estimate of drug-likeness (QED) is 0.688. The summed E-state index contributed by atoms with van der Waals surface area (Å²) in [6, 6.07) is 13.2. The second kappa shape index (κ2) is 7.07. The normalized spacial score (nSPS) is 13.1. The molecule has 5 heteroatoms. The lowest BCUT2D eigenvalue weighted by molar-refractivity contribution is -0.158.